The summed E-state index contributed by atoms with van der Waals surface area (Å²) >= 11 is 0. The molecule has 6 heteroatoms. The topological polar surface area (TPSA) is 61.5 Å². The fraction of sp³-hybridized carbons (Fsp3) is 0.778. The van der Waals surface area contributed by atoms with Gasteiger partial charge in [-0.3, -0.25) is 15.3 Å². The number of likely N-dealkylation sites (tertiary alicyclic amines) is 1. The molecule has 1 N–H and O–H groups in total. The van der Waals surface area contributed by atoms with Gasteiger partial charge in [0.25, 0.3) is 11.8 Å². The van der Waals surface area contributed by atoms with Crippen molar-refractivity contribution in [2.45, 2.75) is 19.3 Å². The van der Waals surface area contributed by atoms with Crippen molar-refractivity contribution in [3.05, 3.63) is 11.8 Å². The van der Waals surface area contributed by atoms with Gasteiger partial charge in [-0.1, -0.05) is 11.2 Å². The molecule has 2 rings (SSSR count). The minimum atomic E-state index is 0.0838. The van der Waals surface area contributed by atoms with Gasteiger partial charge < -0.3 is 4.52 Å². The summed E-state index contributed by atoms with van der Waals surface area (Å²) in [7, 11) is 1.94. The SMILES string of the molecule is CN(CN1CCCCC1)[n+]1cc(=N)o[n-]1. The highest BCUT2D eigenvalue weighted by Gasteiger charge is 2.12. The number of piperidine rings is 1. The number of rotatable bonds is 3. The van der Waals surface area contributed by atoms with Crippen LogP contribution in [0.15, 0.2) is 10.7 Å². The Morgan fingerprint density at radius 2 is 2.27 bits per heavy atom. The third-order valence-corrected chi connectivity index (χ3v) is 2.66. The summed E-state index contributed by atoms with van der Waals surface area (Å²) in [5.74, 6) is 0. The van der Waals surface area contributed by atoms with Gasteiger partial charge in [0.15, 0.2) is 0 Å². The molecule has 1 aliphatic rings. The highest BCUT2D eigenvalue weighted by molar-refractivity contribution is 4.68. The number of hydrogen-bond acceptors (Lipinski definition) is 4. The van der Waals surface area contributed by atoms with Crippen molar-refractivity contribution >= 4 is 0 Å². The van der Waals surface area contributed by atoms with Gasteiger partial charge in [0.1, 0.15) is 0 Å². The van der Waals surface area contributed by atoms with Gasteiger partial charge in [-0.15, -0.1) is 0 Å². The Kier molecular flexibility index (Phi) is 3.05. The van der Waals surface area contributed by atoms with E-state index in [-0.39, 0.29) is 5.55 Å². The first-order chi connectivity index (χ1) is 7.25. The van der Waals surface area contributed by atoms with Crippen LogP contribution in [0.4, 0.5) is 0 Å². The summed E-state index contributed by atoms with van der Waals surface area (Å²) in [6.07, 6.45) is 5.46. The molecule has 1 aromatic rings. The molecule has 1 aliphatic heterocycles. The van der Waals surface area contributed by atoms with Crippen LogP contribution >= 0.6 is 0 Å². The summed E-state index contributed by atoms with van der Waals surface area (Å²) in [5.41, 5.74) is 0.0838. The molecule has 1 saturated heterocycles. The molecule has 0 bridgehead atoms. The Morgan fingerprint density at radius 3 is 2.87 bits per heavy atom. The fourth-order valence-corrected chi connectivity index (χ4v) is 1.85. The average molecular weight is 211 g/mol. The second-order valence-electron chi connectivity index (χ2n) is 3.96. The smallest absolute Gasteiger partial charge is 0.286 e. The van der Waals surface area contributed by atoms with E-state index in [2.05, 4.69) is 10.2 Å². The van der Waals surface area contributed by atoms with E-state index < -0.39 is 0 Å². The van der Waals surface area contributed by atoms with Crippen molar-refractivity contribution in [1.29, 1.82) is 5.41 Å². The normalized spacial score (nSPS) is 17.9. The molecule has 0 aliphatic carbocycles. The highest BCUT2D eigenvalue weighted by Crippen LogP contribution is 2.07. The third kappa shape index (κ3) is 2.59. The molecular weight excluding hydrogens is 194 g/mol. The van der Waals surface area contributed by atoms with E-state index in [1.54, 1.807) is 11.0 Å². The van der Waals surface area contributed by atoms with Crippen molar-refractivity contribution in [2.75, 3.05) is 31.8 Å². The number of hydrogen-bond donors (Lipinski definition) is 1. The van der Waals surface area contributed by atoms with Crippen molar-refractivity contribution in [2.24, 2.45) is 0 Å². The molecule has 0 atom stereocenters. The third-order valence-electron chi connectivity index (χ3n) is 2.66. The Balaban J connectivity index is 1.90. The minimum absolute atomic E-state index is 0.0838. The molecule has 1 aromatic heterocycles. The van der Waals surface area contributed by atoms with E-state index >= 15 is 0 Å². The predicted octanol–water partition coefficient (Wildman–Crippen LogP) is -0.985. The van der Waals surface area contributed by atoms with Crippen LogP contribution in [0.25, 0.3) is 0 Å². The largest absolute Gasteiger partial charge is 0.380 e. The van der Waals surface area contributed by atoms with Crippen molar-refractivity contribution in [1.82, 2.24) is 10.2 Å². The summed E-state index contributed by atoms with van der Waals surface area (Å²) in [6, 6.07) is 0. The van der Waals surface area contributed by atoms with Crippen molar-refractivity contribution in [3.8, 4) is 0 Å². The molecule has 1 fully saturated rings. The van der Waals surface area contributed by atoms with E-state index in [1.807, 2.05) is 12.1 Å². The van der Waals surface area contributed by atoms with Gasteiger partial charge >= 0.3 is 0 Å². The van der Waals surface area contributed by atoms with Crippen molar-refractivity contribution < 1.29 is 9.31 Å². The summed E-state index contributed by atoms with van der Waals surface area (Å²) in [5, 5.41) is 12.9. The quantitative estimate of drug-likeness (QED) is 0.652. The summed E-state index contributed by atoms with van der Waals surface area (Å²) in [6.45, 7) is 3.13. The van der Waals surface area contributed by atoms with E-state index in [1.165, 1.54) is 19.3 Å². The van der Waals surface area contributed by atoms with Crippen LogP contribution in [0.5, 0.6) is 0 Å². The standard InChI is InChI=1S/C9H17N5O/c1-12(14-7-9(10)15-11-14)8-13-5-3-2-4-6-13/h7,10H,2-6,8H2,1H3. The van der Waals surface area contributed by atoms with Crippen LogP contribution < -0.4 is 20.6 Å². The lowest BCUT2D eigenvalue weighted by Gasteiger charge is -2.31. The zero-order valence-electron chi connectivity index (χ0n) is 9.02. The minimum Gasteiger partial charge on any atom is -0.380 e. The van der Waals surface area contributed by atoms with Crippen LogP contribution in [0.2, 0.25) is 0 Å². The van der Waals surface area contributed by atoms with Gasteiger partial charge in [-0.2, -0.15) is 0 Å². The molecule has 15 heavy (non-hydrogen) atoms. The first-order valence-corrected chi connectivity index (χ1v) is 5.30. The first kappa shape index (κ1) is 10.2. The van der Waals surface area contributed by atoms with Crippen LogP contribution in [-0.4, -0.2) is 31.7 Å². The average Bonchev–Trinajstić information content (AvgIpc) is 2.66. The van der Waals surface area contributed by atoms with Gasteiger partial charge in [-0.25, -0.2) is 0 Å². The maximum Gasteiger partial charge on any atom is 0.286 e. The first-order valence-electron chi connectivity index (χ1n) is 5.30. The summed E-state index contributed by atoms with van der Waals surface area (Å²) < 4.78 is 4.69. The number of nitrogens with one attached hydrogen (secondary N) is 1. The molecular formula is C9H17N5O. The van der Waals surface area contributed by atoms with Crippen molar-refractivity contribution in [3.63, 3.8) is 0 Å². The highest BCUT2D eigenvalue weighted by atomic mass is 16.5. The summed E-state index contributed by atoms with van der Waals surface area (Å²) in [4.78, 5) is 3.95. The van der Waals surface area contributed by atoms with E-state index in [4.69, 9.17) is 9.93 Å². The molecule has 0 saturated carbocycles. The lowest BCUT2D eigenvalue weighted by molar-refractivity contribution is -0.762. The molecule has 0 radical (unpaired) electrons. The Hall–Kier alpha value is -1.30. The number of aromatic nitrogens is 2. The van der Waals surface area contributed by atoms with Gasteiger partial charge in [0.2, 0.25) is 0 Å². The van der Waals surface area contributed by atoms with E-state index in [0.717, 1.165) is 19.8 Å². The van der Waals surface area contributed by atoms with Gasteiger partial charge in [0.05, 0.1) is 6.67 Å². The van der Waals surface area contributed by atoms with E-state index in [0.29, 0.717) is 0 Å². The second-order valence-corrected chi connectivity index (χ2v) is 3.96. The second kappa shape index (κ2) is 4.48. The number of nitrogens with zero attached hydrogens (tertiary/aromatic N) is 4. The Labute approximate surface area is 88.5 Å². The van der Waals surface area contributed by atoms with Crippen LogP contribution in [0, 0.1) is 5.41 Å². The van der Waals surface area contributed by atoms with Gasteiger partial charge in [-0.05, 0) is 38.3 Å². The predicted molar refractivity (Wildman–Crippen MR) is 52.5 cm³/mol. The Bertz CT molecular complexity index is 351. The molecule has 0 aromatic carbocycles. The molecule has 84 valence electrons. The maximum atomic E-state index is 7.24. The zero-order valence-corrected chi connectivity index (χ0v) is 9.02. The fourth-order valence-electron chi connectivity index (χ4n) is 1.85. The Morgan fingerprint density at radius 1 is 1.53 bits per heavy atom. The van der Waals surface area contributed by atoms with Crippen LogP contribution in [0.3, 0.4) is 0 Å². The molecule has 0 spiro atoms. The lowest BCUT2D eigenvalue weighted by atomic mass is 10.1. The lowest BCUT2D eigenvalue weighted by Crippen LogP contribution is -2.61. The van der Waals surface area contributed by atoms with Gasteiger partial charge in [0, 0.05) is 0 Å². The monoisotopic (exact) mass is 211 g/mol. The molecule has 0 amide bonds. The maximum absolute atomic E-state index is 7.24. The zero-order chi connectivity index (χ0) is 10.7. The van der Waals surface area contributed by atoms with Crippen LogP contribution in [-0.2, 0) is 0 Å². The molecule has 6 nitrogen and oxygen atoms in total. The molecule has 2 heterocycles. The molecule has 0 unspecified atom stereocenters. The van der Waals surface area contributed by atoms with Crippen LogP contribution in [0.1, 0.15) is 19.3 Å². The van der Waals surface area contributed by atoms with E-state index in [9.17, 15) is 0 Å².